The zero-order chi connectivity index (χ0) is 20.1. The van der Waals surface area contributed by atoms with E-state index in [1.54, 1.807) is 0 Å². The molecule has 6 nitrogen and oxygen atoms in total. The van der Waals surface area contributed by atoms with E-state index in [9.17, 15) is 9.59 Å². The second kappa shape index (κ2) is 9.41. The Morgan fingerprint density at radius 1 is 1.00 bits per heavy atom. The van der Waals surface area contributed by atoms with Crippen molar-refractivity contribution in [3.05, 3.63) is 29.8 Å². The van der Waals surface area contributed by atoms with Crippen LogP contribution in [-0.4, -0.2) is 62.1 Å². The highest BCUT2D eigenvalue weighted by molar-refractivity contribution is 5.94. The maximum absolute atomic E-state index is 12.8. The van der Waals surface area contributed by atoms with E-state index in [0.29, 0.717) is 24.6 Å². The number of likely N-dealkylation sites (tertiary alicyclic amines) is 1. The van der Waals surface area contributed by atoms with Crippen molar-refractivity contribution in [2.75, 3.05) is 44.3 Å². The summed E-state index contributed by atoms with van der Waals surface area (Å²) in [5, 5.41) is 3.11. The number of ether oxygens (including phenoxy) is 1. The Morgan fingerprint density at radius 3 is 2.18 bits per heavy atom. The van der Waals surface area contributed by atoms with E-state index in [1.165, 1.54) is 0 Å². The molecule has 0 aromatic heterocycles. The van der Waals surface area contributed by atoms with Crippen molar-refractivity contribution in [1.82, 2.24) is 10.2 Å². The number of morpholine rings is 1. The Morgan fingerprint density at radius 2 is 1.61 bits per heavy atom. The van der Waals surface area contributed by atoms with Gasteiger partial charge in [0.05, 0.1) is 13.2 Å². The fourth-order valence-corrected chi connectivity index (χ4v) is 3.67. The number of hydrogen-bond donors (Lipinski definition) is 1. The minimum absolute atomic E-state index is 0.00828. The Kier molecular flexibility index (Phi) is 6.94. The smallest absolute Gasteiger partial charge is 0.253 e. The minimum Gasteiger partial charge on any atom is -0.378 e. The van der Waals surface area contributed by atoms with Crippen LogP contribution < -0.4 is 10.2 Å². The van der Waals surface area contributed by atoms with Crippen molar-refractivity contribution < 1.29 is 14.3 Å². The quantitative estimate of drug-likeness (QED) is 0.843. The Hall–Kier alpha value is -2.08. The number of rotatable bonds is 5. The number of amides is 2. The van der Waals surface area contributed by atoms with Crippen LogP contribution in [0.25, 0.3) is 0 Å². The molecule has 0 radical (unpaired) electrons. The lowest BCUT2D eigenvalue weighted by Crippen LogP contribution is -2.45. The van der Waals surface area contributed by atoms with Crippen molar-refractivity contribution in [2.24, 2.45) is 11.8 Å². The van der Waals surface area contributed by atoms with Crippen LogP contribution in [0.1, 0.15) is 44.0 Å². The summed E-state index contributed by atoms with van der Waals surface area (Å²) >= 11 is 0. The zero-order valence-electron chi connectivity index (χ0n) is 17.3. The summed E-state index contributed by atoms with van der Waals surface area (Å²) in [6.45, 7) is 10.8. The monoisotopic (exact) mass is 387 g/mol. The van der Waals surface area contributed by atoms with Crippen LogP contribution in [0.3, 0.4) is 0 Å². The molecule has 1 unspecified atom stereocenters. The third-order valence-electron chi connectivity index (χ3n) is 6.01. The van der Waals surface area contributed by atoms with Gasteiger partial charge in [0.1, 0.15) is 0 Å². The predicted molar refractivity (Wildman–Crippen MR) is 111 cm³/mol. The van der Waals surface area contributed by atoms with Crippen LogP contribution in [0.15, 0.2) is 24.3 Å². The van der Waals surface area contributed by atoms with Gasteiger partial charge in [0.15, 0.2) is 0 Å². The standard InChI is InChI=1S/C22H33N3O3/c1-16(2)17(3)23-21(26)18-8-10-25(11-9-18)22(27)19-4-6-20(7-5-19)24-12-14-28-15-13-24/h4-7,16-18H,8-15H2,1-3H3,(H,23,26). The van der Waals surface area contributed by atoms with Crippen molar-refractivity contribution >= 4 is 17.5 Å². The molecule has 2 amide bonds. The van der Waals surface area contributed by atoms with Crippen LogP contribution in [0.2, 0.25) is 0 Å². The molecule has 0 aliphatic carbocycles. The Bertz CT molecular complexity index is 660. The van der Waals surface area contributed by atoms with Crippen molar-refractivity contribution in [2.45, 2.75) is 39.7 Å². The van der Waals surface area contributed by atoms with E-state index in [-0.39, 0.29) is 23.8 Å². The molecule has 1 N–H and O–H groups in total. The number of benzene rings is 1. The summed E-state index contributed by atoms with van der Waals surface area (Å²) in [6.07, 6.45) is 1.46. The molecular formula is C22H33N3O3. The first-order chi connectivity index (χ1) is 13.5. The topological polar surface area (TPSA) is 61.9 Å². The molecule has 2 fully saturated rings. The first-order valence-electron chi connectivity index (χ1n) is 10.5. The molecule has 1 aromatic rings. The molecule has 6 heteroatoms. The van der Waals surface area contributed by atoms with Crippen LogP contribution in [0.5, 0.6) is 0 Å². The van der Waals surface area contributed by atoms with Gasteiger partial charge in [-0.15, -0.1) is 0 Å². The van der Waals surface area contributed by atoms with Crippen molar-refractivity contribution in [1.29, 1.82) is 0 Å². The molecule has 154 valence electrons. The van der Waals surface area contributed by atoms with E-state index >= 15 is 0 Å². The van der Waals surface area contributed by atoms with Crippen LogP contribution in [-0.2, 0) is 9.53 Å². The number of nitrogens with one attached hydrogen (secondary N) is 1. The first kappa shape index (κ1) is 20.6. The summed E-state index contributed by atoms with van der Waals surface area (Å²) in [5.41, 5.74) is 1.85. The van der Waals surface area contributed by atoms with Gasteiger partial charge in [-0.3, -0.25) is 9.59 Å². The van der Waals surface area contributed by atoms with E-state index < -0.39 is 0 Å². The molecule has 2 aliphatic heterocycles. The second-order valence-electron chi connectivity index (χ2n) is 8.25. The number of nitrogens with zero attached hydrogens (tertiary/aromatic N) is 2. The van der Waals surface area contributed by atoms with Gasteiger partial charge in [-0.25, -0.2) is 0 Å². The molecule has 2 heterocycles. The maximum Gasteiger partial charge on any atom is 0.253 e. The summed E-state index contributed by atoms with van der Waals surface area (Å²) in [7, 11) is 0. The lowest BCUT2D eigenvalue weighted by atomic mass is 9.94. The van der Waals surface area contributed by atoms with Gasteiger partial charge in [0.25, 0.3) is 5.91 Å². The molecule has 28 heavy (non-hydrogen) atoms. The van der Waals surface area contributed by atoms with Gasteiger partial charge in [-0.2, -0.15) is 0 Å². The predicted octanol–water partition coefficient (Wildman–Crippen LogP) is 2.54. The van der Waals surface area contributed by atoms with E-state index in [0.717, 1.165) is 44.8 Å². The van der Waals surface area contributed by atoms with E-state index in [2.05, 4.69) is 24.1 Å². The summed E-state index contributed by atoms with van der Waals surface area (Å²) in [4.78, 5) is 29.4. The molecule has 3 rings (SSSR count). The molecule has 1 atom stereocenters. The summed E-state index contributed by atoms with van der Waals surface area (Å²) < 4.78 is 5.39. The normalized spacial score (nSPS) is 19.6. The fourth-order valence-electron chi connectivity index (χ4n) is 3.67. The van der Waals surface area contributed by atoms with E-state index in [1.807, 2.05) is 36.1 Å². The number of carbonyl (C=O) groups excluding carboxylic acids is 2. The molecular weight excluding hydrogens is 354 g/mol. The molecule has 2 saturated heterocycles. The SMILES string of the molecule is CC(C)C(C)NC(=O)C1CCN(C(=O)c2ccc(N3CCOCC3)cc2)CC1. The van der Waals surface area contributed by atoms with Crippen LogP contribution in [0.4, 0.5) is 5.69 Å². The highest BCUT2D eigenvalue weighted by Gasteiger charge is 2.28. The Balaban J connectivity index is 1.51. The number of carbonyl (C=O) groups is 2. The van der Waals surface area contributed by atoms with Gasteiger partial charge < -0.3 is 19.9 Å². The lowest BCUT2D eigenvalue weighted by Gasteiger charge is -2.32. The van der Waals surface area contributed by atoms with Crippen LogP contribution >= 0.6 is 0 Å². The maximum atomic E-state index is 12.8. The van der Waals surface area contributed by atoms with Gasteiger partial charge in [-0.1, -0.05) is 13.8 Å². The number of hydrogen-bond acceptors (Lipinski definition) is 4. The molecule has 1 aromatic carbocycles. The third-order valence-corrected chi connectivity index (χ3v) is 6.01. The van der Waals surface area contributed by atoms with Crippen LogP contribution in [0, 0.1) is 11.8 Å². The molecule has 0 spiro atoms. The highest BCUT2D eigenvalue weighted by Crippen LogP contribution is 2.22. The Labute approximate surface area is 168 Å². The van der Waals surface area contributed by atoms with Gasteiger partial charge >= 0.3 is 0 Å². The van der Waals surface area contributed by atoms with Gasteiger partial charge in [-0.05, 0) is 49.9 Å². The number of anilines is 1. The minimum atomic E-state index is 0.00828. The van der Waals surface area contributed by atoms with Gasteiger partial charge in [0.2, 0.25) is 5.91 Å². The molecule has 2 aliphatic rings. The summed E-state index contributed by atoms with van der Waals surface area (Å²) in [6, 6.07) is 8.04. The fraction of sp³-hybridized carbons (Fsp3) is 0.636. The molecule has 0 saturated carbocycles. The highest BCUT2D eigenvalue weighted by atomic mass is 16.5. The van der Waals surface area contributed by atoms with Gasteiger partial charge in [0, 0.05) is 49.4 Å². The second-order valence-corrected chi connectivity index (χ2v) is 8.25. The molecule has 0 bridgehead atoms. The summed E-state index contributed by atoms with van der Waals surface area (Å²) in [5.74, 6) is 0.617. The van der Waals surface area contributed by atoms with E-state index in [4.69, 9.17) is 4.74 Å². The third kappa shape index (κ3) is 5.04. The average molecular weight is 388 g/mol. The first-order valence-corrected chi connectivity index (χ1v) is 10.5. The van der Waals surface area contributed by atoms with Crippen molar-refractivity contribution in [3.8, 4) is 0 Å². The number of piperidine rings is 1. The van der Waals surface area contributed by atoms with Crippen molar-refractivity contribution in [3.63, 3.8) is 0 Å². The lowest BCUT2D eigenvalue weighted by molar-refractivity contribution is -0.127. The largest absolute Gasteiger partial charge is 0.378 e. The zero-order valence-corrected chi connectivity index (χ0v) is 17.3. The average Bonchev–Trinajstić information content (AvgIpc) is 2.74.